The molecule has 0 aliphatic rings. The van der Waals surface area contributed by atoms with Gasteiger partial charge in [0.1, 0.15) is 16.6 Å². The van der Waals surface area contributed by atoms with Gasteiger partial charge >= 0.3 is 0 Å². The van der Waals surface area contributed by atoms with Crippen molar-refractivity contribution >= 4 is 27.9 Å². The molecule has 0 aromatic carbocycles. The van der Waals surface area contributed by atoms with Crippen molar-refractivity contribution in [1.82, 2.24) is 4.37 Å². The third-order valence-corrected chi connectivity index (χ3v) is 4.60. The van der Waals surface area contributed by atoms with Crippen molar-refractivity contribution in [2.75, 3.05) is 5.32 Å². The molecule has 1 atom stereocenters. The summed E-state index contributed by atoms with van der Waals surface area (Å²) in [6.07, 6.45) is 0. The molecule has 0 fully saturated rings. The second kappa shape index (κ2) is 5.51. The first-order valence-electron chi connectivity index (χ1n) is 5.79. The van der Waals surface area contributed by atoms with Crippen LogP contribution in [0.15, 0.2) is 17.5 Å². The van der Waals surface area contributed by atoms with E-state index in [0.717, 1.165) is 10.7 Å². The number of nitriles is 1. The van der Waals surface area contributed by atoms with Crippen LogP contribution >= 0.6 is 22.9 Å². The van der Waals surface area contributed by atoms with Crippen LogP contribution in [-0.2, 0) is 0 Å². The van der Waals surface area contributed by atoms with Gasteiger partial charge < -0.3 is 5.32 Å². The third-order valence-electron chi connectivity index (χ3n) is 2.78. The molecular formula is C13H15N3S2. The molecule has 0 bridgehead atoms. The summed E-state index contributed by atoms with van der Waals surface area (Å²) < 4.78 is 4.24. The van der Waals surface area contributed by atoms with Gasteiger partial charge in [0.15, 0.2) is 0 Å². The average molecular weight is 277 g/mol. The predicted octanol–water partition coefficient (Wildman–Crippen LogP) is 4.19. The Morgan fingerprint density at radius 1 is 1.44 bits per heavy atom. The van der Waals surface area contributed by atoms with Crippen molar-refractivity contribution < 1.29 is 0 Å². The monoisotopic (exact) mass is 277 g/mol. The molecule has 2 aromatic rings. The molecule has 0 radical (unpaired) electrons. The van der Waals surface area contributed by atoms with Gasteiger partial charge in [-0.15, -0.1) is 11.3 Å². The van der Waals surface area contributed by atoms with E-state index in [1.165, 1.54) is 16.4 Å². The molecule has 0 aliphatic heterocycles. The Hall–Kier alpha value is -1.38. The Bertz CT molecular complexity index is 549. The maximum Gasteiger partial charge on any atom is 0.128 e. The van der Waals surface area contributed by atoms with Crippen LogP contribution in [-0.4, -0.2) is 4.37 Å². The molecule has 0 saturated carbocycles. The summed E-state index contributed by atoms with van der Waals surface area (Å²) in [7, 11) is 0. The zero-order valence-electron chi connectivity index (χ0n) is 10.6. The van der Waals surface area contributed by atoms with E-state index in [1.54, 1.807) is 11.3 Å². The zero-order valence-corrected chi connectivity index (χ0v) is 12.2. The lowest BCUT2D eigenvalue weighted by atomic mass is 10.0. The fourth-order valence-corrected chi connectivity index (χ4v) is 3.51. The fourth-order valence-electron chi connectivity index (χ4n) is 1.78. The average Bonchev–Trinajstić information content (AvgIpc) is 2.95. The lowest BCUT2D eigenvalue weighted by Gasteiger charge is -2.21. The summed E-state index contributed by atoms with van der Waals surface area (Å²) in [6.45, 7) is 6.23. The first-order valence-corrected chi connectivity index (χ1v) is 7.45. The van der Waals surface area contributed by atoms with Crippen molar-refractivity contribution in [3.8, 4) is 6.07 Å². The second-order valence-corrected chi connectivity index (χ2v) is 6.22. The van der Waals surface area contributed by atoms with Gasteiger partial charge in [0, 0.05) is 4.88 Å². The molecule has 3 nitrogen and oxygen atoms in total. The molecule has 0 aliphatic carbocycles. The molecule has 2 rings (SSSR count). The van der Waals surface area contributed by atoms with Crippen molar-refractivity contribution in [2.45, 2.75) is 26.8 Å². The van der Waals surface area contributed by atoms with E-state index in [2.05, 4.69) is 47.1 Å². The molecule has 1 N–H and O–H groups in total. The largest absolute Gasteiger partial charge is 0.367 e. The van der Waals surface area contributed by atoms with Crippen LogP contribution in [0.5, 0.6) is 0 Å². The van der Waals surface area contributed by atoms with Crippen LogP contribution in [0.4, 0.5) is 5.00 Å². The van der Waals surface area contributed by atoms with Crippen LogP contribution in [0.1, 0.15) is 36.0 Å². The smallest absolute Gasteiger partial charge is 0.128 e. The highest BCUT2D eigenvalue weighted by atomic mass is 32.1. The molecule has 94 valence electrons. The van der Waals surface area contributed by atoms with Gasteiger partial charge in [-0.1, -0.05) is 19.9 Å². The van der Waals surface area contributed by atoms with Crippen LogP contribution in [0, 0.1) is 24.2 Å². The Morgan fingerprint density at radius 2 is 2.22 bits per heavy atom. The molecule has 5 heteroatoms. The van der Waals surface area contributed by atoms with Crippen molar-refractivity contribution in [2.24, 2.45) is 5.92 Å². The number of aromatic nitrogens is 1. The van der Waals surface area contributed by atoms with Crippen LogP contribution in [0.3, 0.4) is 0 Å². The molecule has 0 spiro atoms. The van der Waals surface area contributed by atoms with E-state index in [-0.39, 0.29) is 6.04 Å². The maximum atomic E-state index is 9.15. The summed E-state index contributed by atoms with van der Waals surface area (Å²) in [5.74, 6) is 0.456. The van der Waals surface area contributed by atoms with E-state index in [9.17, 15) is 0 Å². The Labute approximate surface area is 115 Å². The number of nitrogens with one attached hydrogen (secondary N) is 1. The van der Waals surface area contributed by atoms with E-state index < -0.39 is 0 Å². The summed E-state index contributed by atoms with van der Waals surface area (Å²) >= 11 is 3.10. The number of nitrogens with zero attached hydrogens (tertiary/aromatic N) is 2. The molecule has 18 heavy (non-hydrogen) atoms. The summed E-state index contributed by atoms with van der Waals surface area (Å²) in [6, 6.07) is 6.64. The first kappa shape index (κ1) is 13.1. The number of aryl methyl sites for hydroxylation is 1. The summed E-state index contributed by atoms with van der Waals surface area (Å²) in [5, 5.41) is 15.6. The van der Waals surface area contributed by atoms with Gasteiger partial charge in [0.2, 0.25) is 0 Å². The standard InChI is InChI=1S/C13H15N3S2/c1-8(2)12(11-5-4-6-17-11)15-13-10(7-14)9(3)16-18-13/h4-6,8,12,15H,1-3H3. The van der Waals surface area contributed by atoms with Gasteiger partial charge in [0.25, 0.3) is 0 Å². The summed E-state index contributed by atoms with van der Waals surface area (Å²) in [4.78, 5) is 1.29. The number of hydrogen-bond donors (Lipinski definition) is 1. The van der Waals surface area contributed by atoms with Crippen molar-refractivity contribution in [3.05, 3.63) is 33.6 Å². The normalized spacial score (nSPS) is 12.4. The molecule has 0 saturated heterocycles. The number of anilines is 1. The lowest BCUT2D eigenvalue weighted by Crippen LogP contribution is -2.15. The highest BCUT2D eigenvalue weighted by molar-refractivity contribution is 7.11. The van der Waals surface area contributed by atoms with Gasteiger partial charge in [-0.05, 0) is 35.8 Å². The van der Waals surface area contributed by atoms with Gasteiger partial charge in [-0.3, -0.25) is 0 Å². The van der Waals surface area contributed by atoms with E-state index >= 15 is 0 Å². The molecule has 1 unspecified atom stereocenters. The predicted molar refractivity (Wildman–Crippen MR) is 77.1 cm³/mol. The fraction of sp³-hybridized carbons (Fsp3) is 0.385. The molecule has 2 heterocycles. The van der Waals surface area contributed by atoms with Crippen molar-refractivity contribution in [3.63, 3.8) is 0 Å². The quantitative estimate of drug-likeness (QED) is 0.911. The highest BCUT2D eigenvalue weighted by Crippen LogP contribution is 2.33. The van der Waals surface area contributed by atoms with E-state index in [4.69, 9.17) is 5.26 Å². The molecular weight excluding hydrogens is 262 g/mol. The maximum absolute atomic E-state index is 9.15. The Balaban J connectivity index is 2.28. The van der Waals surface area contributed by atoms with E-state index in [1.807, 2.05) is 6.92 Å². The van der Waals surface area contributed by atoms with E-state index in [0.29, 0.717) is 11.5 Å². The SMILES string of the molecule is Cc1nsc(NC(c2cccs2)C(C)C)c1C#N. The third kappa shape index (κ3) is 2.55. The minimum Gasteiger partial charge on any atom is -0.367 e. The van der Waals surface area contributed by atoms with Crippen LogP contribution in [0.25, 0.3) is 0 Å². The van der Waals surface area contributed by atoms with Gasteiger partial charge in [0.05, 0.1) is 11.7 Å². The molecule has 0 amide bonds. The second-order valence-electron chi connectivity index (χ2n) is 4.47. The van der Waals surface area contributed by atoms with Crippen LogP contribution in [0.2, 0.25) is 0 Å². The first-order chi connectivity index (χ1) is 8.63. The van der Waals surface area contributed by atoms with Gasteiger partial charge in [-0.25, -0.2) is 0 Å². The van der Waals surface area contributed by atoms with Crippen molar-refractivity contribution in [1.29, 1.82) is 5.26 Å². The molecule has 2 aromatic heterocycles. The highest BCUT2D eigenvalue weighted by Gasteiger charge is 2.20. The number of thiophene rings is 1. The minimum absolute atomic E-state index is 0.233. The Morgan fingerprint density at radius 3 is 2.78 bits per heavy atom. The zero-order chi connectivity index (χ0) is 13.1. The minimum atomic E-state index is 0.233. The van der Waals surface area contributed by atoms with Gasteiger partial charge in [-0.2, -0.15) is 9.64 Å². The topological polar surface area (TPSA) is 48.7 Å². The number of hydrogen-bond acceptors (Lipinski definition) is 5. The Kier molecular flexibility index (Phi) is 4.00. The lowest BCUT2D eigenvalue weighted by molar-refractivity contribution is 0.555. The van der Waals surface area contributed by atoms with Crippen LogP contribution < -0.4 is 5.32 Å². The number of rotatable bonds is 4. The summed E-state index contributed by atoms with van der Waals surface area (Å²) in [5.41, 5.74) is 1.47.